The number of hydrogen-bond donors (Lipinski definition) is 3. The molecule has 0 heterocycles. The van der Waals surface area contributed by atoms with Crippen LogP contribution in [0.3, 0.4) is 0 Å². The van der Waals surface area contributed by atoms with Crippen molar-refractivity contribution < 1.29 is 32.9 Å². The van der Waals surface area contributed by atoms with E-state index in [1.807, 2.05) is 27.2 Å². The summed E-state index contributed by atoms with van der Waals surface area (Å²) < 4.78 is 23.5. The number of unbranched alkanes of at least 4 members (excludes halogenated alkanes) is 34. The van der Waals surface area contributed by atoms with Crippen LogP contribution in [0.25, 0.3) is 0 Å². The summed E-state index contributed by atoms with van der Waals surface area (Å²) in [7, 11) is 1.58. The van der Waals surface area contributed by atoms with Crippen molar-refractivity contribution >= 4 is 13.7 Å². The number of phosphoric ester groups is 1. The number of aliphatic hydroxyl groups is 1. The fraction of sp³-hybridized carbons (Fsp3) is 0.940. The number of hydrogen-bond acceptors (Lipinski definition) is 5. The average molecular weight is 858 g/mol. The van der Waals surface area contributed by atoms with Crippen LogP contribution < -0.4 is 5.32 Å². The summed E-state index contributed by atoms with van der Waals surface area (Å²) in [5.74, 6) is -0.181. The molecule has 352 valence electrons. The van der Waals surface area contributed by atoms with E-state index in [2.05, 4.69) is 19.2 Å². The Labute approximate surface area is 367 Å². The third-order valence-corrected chi connectivity index (χ3v) is 12.7. The first-order valence-corrected chi connectivity index (χ1v) is 27.1. The fourth-order valence-corrected chi connectivity index (χ4v) is 8.43. The molecule has 0 saturated carbocycles. The van der Waals surface area contributed by atoms with Gasteiger partial charge in [0, 0.05) is 6.42 Å². The Morgan fingerprint density at radius 3 is 1.25 bits per heavy atom. The second kappa shape index (κ2) is 42.5. The lowest BCUT2D eigenvalue weighted by molar-refractivity contribution is -0.870. The maximum atomic E-state index is 12.7. The number of quaternary nitrogens is 1. The number of nitrogens with one attached hydrogen (secondary N) is 1. The van der Waals surface area contributed by atoms with E-state index in [-0.39, 0.29) is 19.1 Å². The van der Waals surface area contributed by atoms with Crippen LogP contribution in [-0.4, -0.2) is 73.4 Å². The third-order valence-electron chi connectivity index (χ3n) is 11.8. The van der Waals surface area contributed by atoms with Gasteiger partial charge in [0.15, 0.2) is 0 Å². The van der Waals surface area contributed by atoms with Crippen molar-refractivity contribution in [1.82, 2.24) is 5.32 Å². The normalized spacial score (nSPS) is 14.2. The van der Waals surface area contributed by atoms with Crippen LogP contribution >= 0.6 is 7.82 Å². The number of amides is 1. The SMILES string of the molecule is CCCCCCCCCCCCCCCCCCCCCCCCCCCCCC/C=C/C(O)C(COP(=O)(O)OCC[N+](C)(C)C)NC(=O)CCCCCCCCC. The Morgan fingerprint density at radius 1 is 0.559 bits per heavy atom. The van der Waals surface area contributed by atoms with E-state index in [0.717, 1.165) is 32.1 Å². The highest BCUT2D eigenvalue weighted by molar-refractivity contribution is 7.47. The molecule has 0 saturated heterocycles. The van der Waals surface area contributed by atoms with E-state index in [1.54, 1.807) is 6.08 Å². The number of likely N-dealkylation sites (N-methyl/N-ethyl adjacent to an activating group) is 1. The molecular formula is C50H102N2O6P+. The zero-order valence-electron chi connectivity index (χ0n) is 40.0. The van der Waals surface area contributed by atoms with Gasteiger partial charge < -0.3 is 19.8 Å². The van der Waals surface area contributed by atoms with E-state index in [4.69, 9.17) is 9.05 Å². The van der Waals surface area contributed by atoms with Crippen LogP contribution in [-0.2, 0) is 18.4 Å². The minimum atomic E-state index is -4.33. The zero-order chi connectivity index (χ0) is 43.6. The van der Waals surface area contributed by atoms with Crippen molar-refractivity contribution in [3.05, 3.63) is 12.2 Å². The summed E-state index contributed by atoms with van der Waals surface area (Å²) in [5.41, 5.74) is 0. The smallest absolute Gasteiger partial charge is 0.387 e. The van der Waals surface area contributed by atoms with Gasteiger partial charge in [0.05, 0.1) is 39.9 Å². The summed E-state index contributed by atoms with van der Waals surface area (Å²) in [4.78, 5) is 23.0. The van der Waals surface area contributed by atoms with Gasteiger partial charge in [-0.1, -0.05) is 238 Å². The topological polar surface area (TPSA) is 105 Å². The number of aliphatic hydroxyl groups excluding tert-OH is 1. The first-order chi connectivity index (χ1) is 28.5. The number of nitrogens with zero attached hydrogens (tertiary/aromatic N) is 1. The lowest BCUT2D eigenvalue weighted by atomic mass is 10.0. The first kappa shape index (κ1) is 58.2. The van der Waals surface area contributed by atoms with Crippen molar-refractivity contribution in [3.63, 3.8) is 0 Å². The quantitative estimate of drug-likeness (QED) is 0.0244. The molecule has 0 bridgehead atoms. The molecule has 0 aromatic rings. The van der Waals surface area contributed by atoms with E-state index >= 15 is 0 Å². The molecule has 3 atom stereocenters. The minimum absolute atomic E-state index is 0.0642. The summed E-state index contributed by atoms with van der Waals surface area (Å²) in [6.07, 6.45) is 50.5. The number of allylic oxidation sites excluding steroid dienone is 1. The highest BCUT2D eigenvalue weighted by Gasteiger charge is 2.27. The van der Waals surface area contributed by atoms with Crippen LogP contribution in [0.4, 0.5) is 0 Å². The Balaban J connectivity index is 3.96. The molecule has 0 aliphatic heterocycles. The molecular weight excluding hydrogens is 756 g/mol. The molecule has 3 N–H and O–H groups in total. The van der Waals surface area contributed by atoms with Gasteiger partial charge in [0.1, 0.15) is 13.2 Å². The summed E-state index contributed by atoms with van der Waals surface area (Å²) >= 11 is 0. The van der Waals surface area contributed by atoms with Crippen molar-refractivity contribution in [1.29, 1.82) is 0 Å². The molecule has 0 fully saturated rings. The van der Waals surface area contributed by atoms with Crippen LogP contribution in [0, 0.1) is 0 Å². The highest BCUT2D eigenvalue weighted by atomic mass is 31.2. The molecule has 9 heteroatoms. The molecule has 0 aromatic heterocycles. The highest BCUT2D eigenvalue weighted by Crippen LogP contribution is 2.43. The summed E-state index contributed by atoms with van der Waals surface area (Å²) in [5, 5.41) is 13.8. The molecule has 0 aromatic carbocycles. The first-order valence-electron chi connectivity index (χ1n) is 25.6. The molecule has 0 aliphatic rings. The van der Waals surface area contributed by atoms with Crippen molar-refractivity contribution in [2.24, 2.45) is 0 Å². The molecule has 3 unspecified atom stereocenters. The Hall–Kier alpha value is -0.760. The predicted molar refractivity (Wildman–Crippen MR) is 254 cm³/mol. The van der Waals surface area contributed by atoms with Gasteiger partial charge in [-0.05, 0) is 19.3 Å². The zero-order valence-corrected chi connectivity index (χ0v) is 40.9. The summed E-state index contributed by atoms with van der Waals surface area (Å²) in [6, 6.07) is -0.838. The molecule has 0 spiro atoms. The number of carbonyl (C=O) groups excluding carboxylic acids is 1. The van der Waals surface area contributed by atoms with Gasteiger partial charge in [0.2, 0.25) is 5.91 Å². The Kier molecular flexibility index (Phi) is 42.0. The van der Waals surface area contributed by atoms with Gasteiger partial charge >= 0.3 is 7.82 Å². The van der Waals surface area contributed by atoms with Crippen molar-refractivity contribution in [3.8, 4) is 0 Å². The molecule has 0 radical (unpaired) electrons. The predicted octanol–water partition coefficient (Wildman–Crippen LogP) is 14.7. The standard InChI is InChI=1S/C50H101N2O6P/c1-6-8-10-12-14-15-16-17-18-19-20-21-22-23-24-25-26-27-28-29-30-31-32-33-34-35-36-38-39-41-43-49(53)48(47-58-59(55,56)57-46-45-52(3,4)5)51-50(54)44-42-40-37-13-11-9-7-2/h41,43,48-49,53H,6-40,42,44-47H2,1-5H3,(H-,51,54,55,56)/p+1/b43-41+. The van der Waals surface area contributed by atoms with Crippen LogP contribution in [0.2, 0.25) is 0 Å². The van der Waals surface area contributed by atoms with E-state index in [1.165, 1.54) is 199 Å². The minimum Gasteiger partial charge on any atom is -0.387 e. The number of carbonyl (C=O) groups is 1. The maximum Gasteiger partial charge on any atom is 0.472 e. The molecule has 8 nitrogen and oxygen atoms in total. The summed E-state index contributed by atoms with van der Waals surface area (Å²) in [6.45, 7) is 4.79. The lowest BCUT2D eigenvalue weighted by Gasteiger charge is -2.25. The van der Waals surface area contributed by atoms with Crippen molar-refractivity contribution in [2.45, 2.75) is 264 Å². The second-order valence-electron chi connectivity index (χ2n) is 18.9. The Bertz CT molecular complexity index is 974. The molecule has 1 amide bonds. The van der Waals surface area contributed by atoms with Gasteiger partial charge in [-0.3, -0.25) is 13.8 Å². The van der Waals surface area contributed by atoms with Crippen molar-refractivity contribution in [2.75, 3.05) is 40.9 Å². The van der Waals surface area contributed by atoms with E-state index in [0.29, 0.717) is 17.4 Å². The largest absolute Gasteiger partial charge is 0.472 e. The fourth-order valence-electron chi connectivity index (χ4n) is 7.69. The van der Waals surface area contributed by atoms with Gasteiger partial charge in [-0.15, -0.1) is 0 Å². The molecule has 0 rings (SSSR count). The van der Waals surface area contributed by atoms with Crippen LogP contribution in [0.5, 0.6) is 0 Å². The van der Waals surface area contributed by atoms with E-state index < -0.39 is 20.0 Å². The van der Waals surface area contributed by atoms with E-state index in [9.17, 15) is 19.4 Å². The Morgan fingerprint density at radius 2 is 0.898 bits per heavy atom. The maximum absolute atomic E-state index is 12.7. The van der Waals surface area contributed by atoms with Gasteiger partial charge in [-0.2, -0.15) is 0 Å². The van der Waals surface area contributed by atoms with Gasteiger partial charge in [-0.25, -0.2) is 4.57 Å². The number of phosphoric acid groups is 1. The van der Waals surface area contributed by atoms with Crippen LogP contribution in [0.1, 0.15) is 251 Å². The lowest BCUT2D eigenvalue weighted by Crippen LogP contribution is -2.45. The van der Waals surface area contributed by atoms with Crippen LogP contribution in [0.15, 0.2) is 12.2 Å². The monoisotopic (exact) mass is 858 g/mol. The van der Waals surface area contributed by atoms with Gasteiger partial charge in [0.25, 0.3) is 0 Å². The average Bonchev–Trinajstić information content (AvgIpc) is 3.19. The molecule has 59 heavy (non-hydrogen) atoms. The molecule has 0 aliphatic carbocycles. The third kappa shape index (κ3) is 45.1. The second-order valence-corrected chi connectivity index (χ2v) is 20.4. The number of rotatable bonds is 47.